The monoisotopic (exact) mass is 263 g/mol. The molecule has 100 valence electrons. The zero-order valence-electron chi connectivity index (χ0n) is 10.7. The van der Waals surface area contributed by atoms with Gasteiger partial charge in [-0.05, 0) is 35.7 Å². The van der Waals surface area contributed by atoms with E-state index in [4.69, 9.17) is 11.2 Å². The maximum atomic E-state index is 11.8. The van der Waals surface area contributed by atoms with Gasteiger partial charge in [0, 0.05) is 12.5 Å². The van der Waals surface area contributed by atoms with Crippen molar-refractivity contribution in [2.45, 2.75) is 19.3 Å². The first-order valence-corrected chi connectivity index (χ1v) is 5.81. The Hall–Kier alpha value is -2.09. The van der Waals surface area contributed by atoms with Gasteiger partial charge >= 0.3 is 6.08 Å². The van der Waals surface area contributed by atoms with E-state index in [1.165, 1.54) is 0 Å². The normalized spacial score (nSPS) is 8.21. The molecule has 0 heterocycles. The highest BCUT2D eigenvalue weighted by Gasteiger charge is 1.99. The Bertz CT molecular complexity index is 454. The van der Waals surface area contributed by atoms with Crippen molar-refractivity contribution < 1.29 is 18.5 Å². The first-order chi connectivity index (χ1) is 9.35. The Labute approximate surface area is 113 Å². The van der Waals surface area contributed by atoms with Gasteiger partial charge in [-0.3, -0.25) is 4.39 Å². The van der Waals surface area contributed by atoms with Crippen molar-refractivity contribution in [3.8, 4) is 36.1 Å². The summed E-state index contributed by atoms with van der Waals surface area (Å²) in [5, 5.41) is 2.84. The van der Waals surface area contributed by atoms with Crippen LogP contribution in [0.1, 0.15) is 19.3 Å². The van der Waals surface area contributed by atoms with Crippen LogP contribution in [-0.4, -0.2) is 37.3 Å². The highest BCUT2D eigenvalue weighted by molar-refractivity contribution is 5.33. The molecule has 4 nitrogen and oxygen atoms in total. The van der Waals surface area contributed by atoms with Crippen LogP contribution in [0, 0.1) is 36.1 Å². The fourth-order valence-corrected chi connectivity index (χ4v) is 1.03. The number of terminal acetylenes is 1. The third-order valence-corrected chi connectivity index (χ3v) is 1.89. The number of hydrogen-bond acceptors (Lipinski definition) is 3. The summed E-state index contributed by atoms with van der Waals surface area (Å²) < 4.78 is 18.1. The van der Waals surface area contributed by atoms with E-state index in [-0.39, 0.29) is 20.1 Å². The molecule has 0 aliphatic heterocycles. The number of nitrogens with zero attached hydrogens (tertiary/aromatic N) is 1. The molecule has 0 aromatic rings. The summed E-state index contributed by atoms with van der Waals surface area (Å²) in [4.78, 5) is 10.5. The summed E-state index contributed by atoms with van der Waals surface area (Å²) >= 11 is 0. The van der Waals surface area contributed by atoms with Gasteiger partial charge < -0.3 is 4.74 Å². The van der Waals surface area contributed by atoms with Gasteiger partial charge in [-0.15, -0.1) is 6.42 Å². The van der Waals surface area contributed by atoms with E-state index in [1.807, 2.05) is 0 Å². The van der Waals surface area contributed by atoms with Crippen molar-refractivity contribution in [2.75, 3.05) is 26.7 Å². The van der Waals surface area contributed by atoms with Crippen LogP contribution in [0.2, 0.25) is 0 Å². The van der Waals surface area contributed by atoms with Crippen molar-refractivity contribution in [1.29, 1.82) is 0 Å². The number of carbonyl (C=O) groups excluding carboxylic acids is 1. The van der Waals surface area contributed by atoms with Crippen molar-refractivity contribution in [3.63, 3.8) is 0 Å². The second-order valence-electron chi connectivity index (χ2n) is 3.36. The molecule has 0 amide bonds. The fourth-order valence-electron chi connectivity index (χ4n) is 1.03. The smallest absolute Gasteiger partial charge is 0.366 e. The van der Waals surface area contributed by atoms with Crippen LogP contribution in [0.15, 0.2) is 0 Å². The van der Waals surface area contributed by atoms with Gasteiger partial charge in [-0.2, -0.15) is 4.79 Å². The van der Waals surface area contributed by atoms with E-state index in [0.717, 1.165) is 17.4 Å². The number of halogens is 1. The lowest BCUT2D eigenvalue weighted by Gasteiger charge is -2.02. The van der Waals surface area contributed by atoms with E-state index >= 15 is 0 Å². The van der Waals surface area contributed by atoms with E-state index < -0.39 is 0 Å². The molecular formula is C14H16FN2O2+. The number of alkyl halides is 1. The lowest BCUT2D eigenvalue weighted by atomic mass is 10.3. The molecule has 5 heteroatoms. The molecule has 0 aliphatic carbocycles. The van der Waals surface area contributed by atoms with Gasteiger partial charge in [0.15, 0.2) is 0 Å². The molecular weight excluding hydrogens is 247 g/mol. The molecule has 0 fully saturated rings. The Morgan fingerprint density at radius 2 is 2.05 bits per heavy atom. The molecule has 0 aromatic heterocycles. The van der Waals surface area contributed by atoms with Gasteiger partial charge in [-0.1, -0.05) is 0 Å². The number of isocyanates is 1. The quantitative estimate of drug-likeness (QED) is 0.126. The molecule has 0 bridgehead atoms. The summed E-state index contributed by atoms with van der Waals surface area (Å²) in [6.45, 7) is 0.727. The lowest BCUT2D eigenvalue weighted by Crippen LogP contribution is -2.26. The zero-order chi connectivity index (χ0) is 14.2. The third kappa shape index (κ3) is 12.2. The first-order valence-electron chi connectivity index (χ1n) is 5.81. The largest absolute Gasteiger partial charge is 0.441 e. The maximum Gasteiger partial charge on any atom is 0.441 e. The molecule has 0 atom stereocenters. The van der Waals surface area contributed by atoms with Gasteiger partial charge in [0.05, 0.1) is 12.6 Å². The van der Waals surface area contributed by atoms with E-state index in [9.17, 15) is 9.18 Å². The Morgan fingerprint density at radius 1 is 1.21 bits per heavy atom. The predicted octanol–water partition coefficient (Wildman–Crippen LogP) is 0.593. The average Bonchev–Trinajstić information content (AvgIpc) is 2.44. The molecule has 0 aromatic carbocycles. The van der Waals surface area contributed by atoms with E-state index in [1.54, 1.807) is 6.08 Å². The van der Waals surface area contributed by atoms with E-state index in [0.29, 0.717) is 13.0 Å². The second-order valence-corrected chi connectivity index (χ2v) is 3.36. The molecule has 0 saturated carbocycles. The van der Waals surface area contributed by atoms with Crippen LogP contribution in [-0.2, 0) is 9.53 Å². The second kappa shape index (κ2) is 14.0. The number of nitrogens with one attached hydrogen (secondary N) is 1. The summed E-state index contributed by atoms with van der Waals surface area (Å²) in [5.41, 5.74) is 0. The van der Waals surface area contributed by atoms with Crippen LogP contribution >= 0.6 is 0 Å². The van der Waals surface area contributed by atoms with Crippen LogP contribution in [0.3, 0.4) is 0 Å². The minimum absolute atomic E-state index is 0.179. The zero-order valence-corrected chi connectivity index (χ0v) is 10.7. The van der Waals surface area contributed by atoms with Crippen molar-refractivity contribution in [2.24, 2.45) is 0 Å². The average molecular weight is 263 g/mol. The molecule has 0 unspecified atom stereocenters. The lowest BCUT2D eigenvalue weighted by molar-refractivity contribution is -0.440. The van der Waals surface area contributed by atoms with E-state index in [2.05, 4.69) is 35.0 Å². The van der Waals surface area contributed by atoms with Crippen LogP contribution in [0.25, 0.3) is 0 Å². The van der Waals surface area contributed by atoms with Crippen molar-refractivity contribution in [3.05, 3.63) is 0 Å². The third-order valence-electron chi connectivity index (χ3n) is 1.89. The number of ether oxygens (including phenoxy) is 1. The molecule has 0 saturated heterocycles. The minimum atomic E-state index is -0.288. The van der Waals surface area contributed by atoms with Gasteiger partial charge in [0.25, 0.3) is 6.04 Å². The topological polar surface area (TPSA) is 41.3 Å². The molecule has 0 radical (unpaired) electrons. The summed E-state index contributed by atoms with van der Waals surface area (Å²) in [6.07, 6.45) is 8.73. The molecule has 1 N–H and O–H groups in total. The summed E-state index contributed by atoms with van der Waals surface area (Å²) in [6, 6.07) is 2.45. The predicted molar refractivity (Wildman–Crippen MR) is 69.0 cm³/mol. The number of hydrogen-bond donors (Lipinski definition) is 1. The first kappa shape index (κ1) is 16.9. The standard InChI is InChI=1S/C14H16FN2O2/c1-2-3-4-7-10-17(14-18)12-16-13-19-11-8-5-6-9-15/h1,16H,5-6,8-9,11-13H2/q+1. The van der Waals surface area contributed by atoms with Gasteiger partial charge in [-0.25, -0.2) is 5.32 Å². The number of rotatable bonds is 9. The SMILES string of the molecule is C#CC#CC#C[N+](=C=O)CNCOCCCCCF. The summed E-state index contributed by atoms with van der Waals surface area (Å²) in [7, 11) is 0. The maximum absolute atomic E-state index is 11.8. The highest BCUT2D eigenvalue weighted by Crippen LogP contribution is 1.95. The van der Waals surface area contributed by atoms with Crippen LogP contribution in [0.5, 0.6) is 0 Å². The minimum Gasteiger partial charge on any atom is -0.366 e. The van der Waals surface area contributed by atoms with Crippen LogP contribution < -0.4 is 5.32 Å². The Kier molecular flexibility index (Phi) is 12.4. The summed E-state index contributed by atoms with van der Waals surface area (Å²) in [5.74, 6) is 9.18. The molecule has 19 heavy (non-hydrogen) atoms. The van der Waals surface area contributed by atoms with Gasteiger partial charge in [0.1, 0.15) is 6.73 Å². The Balaban J connectivity index is 3.66. The van der Waals surface area contributed by atoms with Crippen molar-refractivity contribution in [1.82, 2.24) is 5.32 Å². The molecule has 0 aliphatic rings. The molecule has 0 rings (SSSR count). The number of unbranched alkanes of at least 4 members (excludes halogenated alkanes) is 2. The molecule has 0 spiro atoms. The Morgan fingerprint density at radius 3 is 2.74 bits per heavy atom. The van der Waals surface area contributed by atoms with Gasteiger partial charge in [0.2, 0.25) is 6.67 Å². The van der Waals surface area contributed by atoms with Crippen molar-refractivity contribution >= 4 is 6.08 Å². The fraction of sp³-hybridized carbons (Fsp3) is 0.500. The van der Waals surface area contributed by atoms with Crippen LogP contribution in [0.4, 0.5) is 4.39 Å². The highest BCUT2D eigenvalue weighted by atomic mass is 19.1.